The first-order valence-electron chi connectivity index (χ1n) is 6.27. The summed E-state index contributed by atoms with van der Waals surface area (Å²) in [6, 6.07) is 6.95. The van der Waals surface area contributed by atoms with Crippen LogP contribution in [-0.4, -0.2) is 27.3 Å². The fraction of sp³-hybridized carbons (Fsp3) is 0.538. The summed E-state index contributed by atoms with van der Waals surface area (Å²) in [7, 11) is -3.13. The Balaban J connectivity index is 1.98. The Morgan fingerprint density at radius 2 is 2.00 bits per heavy atom. The summed E-state index contributed by atoms with van der Waals surface area (Å²) in [5.41, 5.74) is 0. The molecule has 0 bridgehead atoms. The molecule has 100 valence electrons. The van der Waals surface area contributed by atoms with Gasteiger partial charge in [-0.25, -0.2) is 8.42 Å². The van der Waals surface area contributed by atoms with Crippen molar-refractivity contribution in [2.45, 2.75) is 24.2 Å². The monoisotopic (exact) mass is 331 g/mol. The highest BCUT2D eigenvalue weighted by atomic mass is 79.9. The molecule has 1 fully saturated rings. The summed E-state index contributed by atoms with van der Waals surface area (Å²) in [6.07, 6.45) is 2.96. The van der Waals surface area contributed by atoms with Crippen LogP contribution in [0.15, 0.2) is 33.6 Å². The predicted octanol–water partition coefficient (Wildman–Crippen LogP) is 2.61. The molecule has 0 aromatic heterocycles. The minimum atomic E-state index is -3.13. The van der Waals surface area contributed by atoms with E-state index in [9.17, 15) is 8.42 Å². The summed E-state index contributed by atoms with van der Waals surface area (Å²) in [5, 5.41) is 3.30. The SMILES string of the molecule is O=S(=O)(CCC1CCNCC1)c1cccc(Br)c1. The average Bonchev–Trinajstić information content (AvgIpc) is 2.38. The minimum absolute atomic E-state index is 0.258. The minimum Gasteiger partial charge on any atom is -0.317 e. The molecular formula is C13H18BrNO2S. The molecule has 1 aliphatic rings. The van der Waals surface area contributed by atoms with Crippen LogP contribution in [0, 0.1) is 5.92 Å². The van der Waals surface area contributed by atoms with E-state index in [0.717, 1.165) is 36.8 Å². The lowest BCUT2D eigenvalue weighted by atomic mass is 9.96. The lowest BCUT2D eigenvalue weighted by Gasteiger charge is -2.22. The second-order valence-electron chi connectivity index (χ2n) is 4.76. The van der Waals surface area contributed by atoms with Crippen LogP contribution in [0.2, 0.25) is 0 Å². The highest BCUT2D eigenvalue weighted by Crippen LogP contribution is 2.21. The van der Waals surface area contributed by atoms with Crippen molar-refractivity contribution >= 4 is 25.8 Å². The van der Waals surface area contributed by atoms with E-state index in [1.54, 1.807) is 18.2 Å². The van der Waals surface area contributed by atoms with Gasteiger partial charge in [0.2, 0.25) is 0 Å². The Bertz CT molecular complexity index is 495. The molecule has 0 atom stereocenters. The molecule has 1 aliphatic heterocycles. The predicted molar refractivity (Wildman–Crippen MR) is 76.4 cm³/mol. The van der Waals surface area contributed by atoms with Gasteiger partial charge in [0, 0.05) is 4.47 Å². The molecule has 5 heteroatoms. The summed E-state index contributed by atoms with van der Waals surface area (Å²) in [5.74, 6) is 0.807. The molecule has 1 heterocycles. The molecule has 1 N–H and O–H groups in total. The van der Waals surface area contributed by atoms with Crippen molar-refractivity contribution in [2.24, 2.45) is 5.92 Å². The van der Waals surface area contributed by atoms with E-state index in [4.69, 9.17) is 0 Å². The smallest absolute Gasteiger partial charge is 0.178 e. The maximum Gasteiger partial charge on any atom is 0.178 e. The van der Waals surface area contributed by atoms with E-state index in [0.29, 0.717) is 10.8 Å². The van der Waals surface area contributed by atoms with Crippen LogP contribution >= 0.6 is 15.9 Å². The van der Waals surface area contributed by atoms with Crippen LogP contribution in [0.5, 0.6) is 0 Å². The highest BCUT2D eigenvalue weighted by molar-refractivity contribution is 9.10. The second kappa shape index (κ2) is 6.17. The molecule has 1 aromatic carbocycles. The van der Waals surface area contributed by atoms with E-state index in [1.165, 1.54) is 0 Å². The van der Waals surface area contributed by atoms with E-state index >= 15 is 0 Å². The van der Waals surface area contributed by atoms with Gasteiger partial charge < -0.3 is 5.32 Å². The molecule has 3 nitrogen and oxygen atoms in total. The Labute approximate surface area is 117 Å². The average molecular weight is 332 g/mol. The van der Waals surface area contributed by atoms with Gasteiger partial charge in [0.05, 0.1) is 10.6 Å². The van der Waals surface area contributed by atoms with Crippen molar-refractivity contribution in [2.75, 3.05) is 18.8 Å². The number of halogens is 1. The number of nitrogens with one attached hydrogen (secondary N) is 1. The summed E-state index contributed by atoms with van der Waals surface area (Å²) < 4.78 is 25.2. The lowest BCUT2D eigenvalue weighted by Crippen LogP contribution is -2.28. The van der Waals surface area contributed by atoms with Crippen molar-refractivity contribution < 1.29 is 8.42 Å². The highest BCUT2D eigenvalue weighted by Gasteiger charge is 2.19. The van der Waals surface area contributed by atoms with Gasteiger partial charge in [-0.15, -0.1) is 0 Å². The van der Waals surface area contributed by atoms with Crippen LogP contribution in [0.1, 0.15) is 19.3 Å². The molecule has 0 aliphatic carbocycles. The Hall–Kier alpha value is -0.390. The van der Waals surface area contributed by atoms with Crippen molar-refractivity contribution in [1.82, 2.24) is 5.32 Å². The first kappa shape index (κ1) is 14.0. The van der Waals surface area contributed by atoms with Gasteiger partial charge in [-0.3, -0.25) is 0 Å². The van der Waals surface area contributed by atoms with Gasteiger partial charge in [-0.05, 0) is 56.5 Å². The molecule has 2 rings (SSSR count). The van der Waals surface area contributed by atoms with Crippen molar-refractivity contribution in [3.05, 3.63) is 28.7 Å². The summed E-state index contributed by atoms with van der Waals surface area (Å²) in [6.45, 7) is 2.03. The third-order valence-corrected chi connectivity index (χ3v) is 5.65. The van der Waals surface area contributed by atoms with Crippen LogP contribution in [0.25, 0.3) is 0 Å². The molecule has 0 unspecified atom stereocenters. The number of hydrogen-bond acceptors (Lipinski definition) is 3. The van der Waals surface area contributed by atoms with Crippen LogP contribution in [-0.2, 0) is 9.84 Å². The number of piperidine rings is 1. The van der Waals surface area contributed by atoms with Crippen molar-refractivity contribution in [3.8, 4) is 0 Å². The van der Waals surface area contributed by atoms with Crippen molar-refractivity contribution in [1.29, 1.82) is 0 Å². The van der Waals surface area contributed by atoms with Crippen LogP contribution < -0.4 is 5.32 Å². The molecule has 0 saturated carbocycles. The quantitative estimate of drug-likeness (QED) is 0.922. The summed E-state index contributed by atoms with van der Waals surface area (Å²) in [4.78, 5) is 0.422. The topological polar surface area (TPSA) is 46.2 Å². The molecule has 0 amide bonds. The number of hydrogen-bond donors (Lipinski definition) is 1. The summed E-state index contributed by atoms with van der Waals surface area (Å²) >= 11 is 3.31. The van der Waals surface area contributed by atoms with E-state index < -0.39 is 9.84 Å². The molecule has 18 heavy (non-hydrogen) atoms. The maximum atomic E-state index is 12.2. The second-order valence-corrected chi connectivity index (χ2v) is 7.78. The molecule has 0 radical (unpaired) electrons. The Morgan fingerprint density at radius 3 is 2.67 bits per heavy atom. The van der Waals surface area contributed by atoms with Gasteiger partial charge in [0.1, 0.15) is 0 Å². The number of rotatable bonds is 4. The zero-order valence-electron chi connectivity index (χ0n) is 10.2. The Morgan fingerprint density at radius 1 is 1.28 bits per heavy atom. The third kappa shape index (κ3) is 3.80. The first-order chi connectivity index (χ1) is 8.58. The van der Waals surface area contributed by atoms with Gasteiger partial charge in [-0.2, -0.15) is 0 Å². The van der Waals surface area contributed by atoms with Crippen molar-refractivity contribution in [3.63, 3.8) is 0 Å². The van der Waals surface area contributed by atoms with Gasteiger partial charge in [0.25, 0.3) is 0 Å². The van der Waals surface area contributed by atoms with Crippen LogP contribution in [0.3, 0.4) is 0 Å². The zero-order valence-corrected chi connectivity index (χ0v) is 12.6. The fourth-order valence-electron chi connectivity index (χ4n) is 2.27. The zero-order chi connectivity index (χ0) is 13.0. The van der Waals surface area contributed by atoms with Gasteiger partial charge in [0.15, 0.2) is 9.84 Å². The maximum absolute atomic E-state index is 12.2. The number of benzene rings is 1. The Kier molecular flexibility index (Phi) is 4.81. The van der Waals surface area contributed by atoms with E-state index in [1.807, 2.05) is 6.07 Å². The lowest BCUT2D eigenvalue weighted by molar-refractivity contribution is 0.365. The van der Waals surface area contributed by atoms with E-state index in [2.05, 4.69) is 21.2 Å². The molecular weight excluding hydrogens is 314 g/mol. The van der Waals surface area contributed by atoms with E-state index in [-0.39, 0.29) is 5.75 Å². The fourth-order valence-corrected chi connectivity index (χ4v) is 4.29. The molecule has 1 saturated heterocycles. The largest absolute Gasteiger partial charge is 0.317 e. The third-order valence-electron chi connectivity index (χ3n) is 3.41. The van der Waals surface area contributed by atoms with Crippen LogP contribution in [0.4, 0.5) is 0 Å². The number of sulfone groups is 1. The first-order valence-corrected chi connectivity index (χ1v) is 8.71. The molecule has 1 aromatic rings. The normalized spacial score (nSPS) is 17.8. The van der Waals surface area contributed by atoms with Gasteiger partial charge >= 0.3 is 0 Å². The molecule has 0 spiro atoms. The van der Waals surface area contributed by atoms with Gasteiger partial charge in [-0.1, -0.05) is 22.0 Å². The standard InChI is InChI=1S/C13H18BrNO2S/c14-12-2-1-3-13(10-12)18(16,17)9-6-11-4-7-15-8-5-11/h1-3,10-11,15H,4-9H2.